The number of unbranched alkanes of at least 4 members (excludes halogenated alkanes) is 34. The highest BCUT2D eigenvalue weighted by Crippen LogP contribution is 2.17. The van der Waals surface area contributed by atoms with E-state index in [0.29, 0.717) is 19.3 Å². The first kappa shape index (κ1) is 56.4. The number of rotatable bonds is 47. The molecule has 0 unspecified atom stereocenters. The van der Waals surface area contributed by atoms with Crippen molar-refractivity contribution in [2.75, 3.05) is 13.2 Å². The molecule has 6 nitrogen and oxygen atoms in total. The van der Waals surface area contributed by atoms with Gasteiger partial charge in [-0.2, -0.15) is 0 Å². The van der Waals surface area contributed by atoms with Crippen LogP contribution >= 0.6 is 0 Å². The van der Waals surface area contributed by atoms with Crippen LogP contribution in [0.5, 0.6) is 0 Å². The maximum atomic E-state index is 12.6. The summed E-state index contributed by atoms with van der Waals surface area (Å²) in [5, 5.41) is 0. The first-order valence-electron chi connectivity index (χ1n) is 25.9. The monoisotopic (exact) mass is 821 g/mol. The van der Waals surface area contributed by atoms with Crippen LogP contribution < -0.4 is 0 Å². The van der Waals surface area contributed by atoms with Crippen molar-refractivity contribution in [3.8, 4) is 0 Å². The van der Waals surface area contributed by atoms with Crippen LogP contribution in [0.1, 0.15) is 291 Å². The zero-order chi connectivity index (χ0) is 42.4. The van der Waals surface area contributed by atoms with Crippen LogP contribution in [0.4, 0.5) is 0 Å². The molecule has 0 aliphatic carbocycles. The van der Waals surface area contributed by atoms with E-state index in [1.165, 1.54) is 180 Å². The second-order valence-electron chi connectivity index (χ2n) is 18.3. The molecule has 0 aromatic carbocycles. The summed E-state index contributed by atoms with van der Waals surface area (Å²) in [5.41, 5.74) is 0. The van der Waals surface area contributed by atoms with Crippen LogP contribution in [-0.2, 0) is 28.6 Å². The topological polar surface area (TPSA) is 78.9 Å². The number of ether oxygens (including phenoxy) is 3. The van der Waals surface area contributed by atoms with Gasteiger partial charge in [0, 0.05) is 19.3 Å². The van der Waals surface area contributed by atoms with E-state index in [2.05, 4.69) is 27.7 Å². The van der Waals surface area contributed by atoms with Gasteiger partial charge in [0.15, 0.2) is 6.10 Å². The van der Waals surface area contributed by atoms with Crippen LogP contribution in [-0.4, -0.2) is 37.2 Å². The molecule has 344 valence electrons. The summed E-state index contributed by atoms with van der Waals surface area (Å²) in [7, 11) is 0. The normalized spacial score (nSPS) is 11.9. The summed E-state index contributed by atoms with van der Waals surface area (Å²) in [5.74, 6) is -0.0153. The van der Waals surface area contributed by atoms with E-state index in [1.54, 1.807) is 0 Å². The predicted molar refractivity (Wildman–Crippen MR) is 247 cm³/mol. The fraction of sp³-hybridized carbons (Fsp3) is 0.942. The lowest BCUT2D eigenvalue weighted by Gasteiger charge is -2.18. The van der Waals surface area contributed by atoms with Crippen LogP contribution in [0.15, 0.2) is 0 Å². The Balaban J connectivity index is 4.05. The molecule has 1 atom stereocenters. The minimum Gasteiger partial charge on any atom is -0.462 e. The van der Waals surface area contributed by atoms with E-state index in [9.17, 15) is 14.4 Å². The van der Waals surface area contributed by atoms with Gasteiger partial charge in [-0.25, -0.2) is 0 Å². The lowest BCUT2D eigenvalue weighted by atomic mass is 10.0. The highest BCUT2D eigenvalue weighted by molar-refractivity contribution is 5.71. The minimum atomic E-state index is -0.758. The lowest BCUT2D eigenvalue weighted by molar-refractivity contribution is -0.167. The Kier molecular flexibility index (Phi) is 45.2. The molecule has 0 bridgehead atoms. The summed E-state index contributed by atoms with van der Waals surface area (Å²) in [6.07, 6.45) is 48.4. The average Bonchev–Trinajstić information content (AvgIpc) is 3.21. The molecule has 0 radical (unpaired) electrons. The molecule has 58 heavy (non-hydrogen) atoms. The van der Waals surface area contributed by atoms with Gasteiger partial charge in [-0.05, 0) is 25.2 Å². The van der Waals surface area contributed by atoms with Crippen molar-refractivity contribution in [2.24, 2.45) is 5.92 Å². The molecule has 0 saturated carbocycles. The number of carbonyl (C=O) groups excluding carboxylic acids is 3. The Bertz CT molecular complexity index is 872. The largest absolute Gasteiger partial charge is 0.462 e. The third kappa shape index (κ3) is 45.5. The van der Waals surface area contributed by atoms with E-state index < -0.39 is 6.10 Å². The summed E-state index contributed by atoms with van der Waals surface area (Å²) < 4.78 is 16.7. The highest BCUT2D eigenvalue weighted by Gasteiger charge is 2.19. The van der Waals surface area contributed by atoms with E-state index in [4.69, 9.17) is 14.2 Å². The molecule has 0 fully saturated rings. The Labute approximate surface area is 361 Å². The van der Waals surface area contributed by atoms with Crippen molar-refractivity contribution in [1.29, 1.82) is 0 Å². The fourth-order valence-corrected chi connectivity index (χ4v) is 7.86. The van der Waals surface area contributed by atoms with Gasteiger partial charge in [-0.15, -0.1) is 0 Å². The molecule has 0 aliphatic rings. The summed E-state index contributed by atoms with van der Waals surface area (Å²) in [6.45, 7) is 8.96. The quantitative estimate of drug-likeness (QED) is 0.0346. The third-order valence-electron chi connectivity index (χ3n) is 11.8. The van der Waals surface area contributed by atoms with Gasteiger partial charge in [0.2, 0.25) is 0 Å². The van der Waals surface area contributed by atoms with E-state index in [1.807, 2.05) is 0 Å². The Hall–Kier alpha value is -1.59. The molecular formula is C52H100O6. The zero-order valence-corrected chi connectivity index (χ0v) is 39.5. The van der Waals surface area contributed by atoms with Crippen molar-refractivity contribution in [3.63, 3.8) is 0 Å². The molecule has 0 spiro atoms. The van der Waals surface area contributed by atoms with E-state index in [-0.39, 0.29) is 31.1 Å². The van der Waals surface area contributed by atoms with Gasteiger partial charge in [-0.1, -0.05) is 252 Å². The molecule has 0 amide bonds. The van der Waals surface area contributed by atoms with Crippen molar-refractivity contribution < 1.29 is 28.6 Å². The molecule has 6 heteroatoms. The molecule has 0 heterocycles. The van der Waals surface area contributed by atoms with Crippen LogP contribution in [0.3, 0.4) is 0 Å². The van der Waals surface area contributed by atoms with E-state index in [0.717, 1.165) is 70.1 Å². The first-order chi connectivity index (χ1) is 28.4. The number of carbonyl (C=O) groups is 3. The number of hydrogen-bond acceptors (Lipinski definition) is 6. The van der Waals surface area contributed by atoms with Crippen molar-refractivity contribution in [1.82, 2.24) is 0 Å². The smallest absolute Gasteiger partial charge is 0.306 e. The van der Waals surface area contributed by atoms with Gasteiger partial charge in [-0.3, -0.25) is 14.4 Å². The van der Waals surface area contributed by atoms with Crippen molar-refractivity contribution >= 4 is 17.9 Å². The lowest BCUT2D eigenvalue weighted by Crippen LogP contribution is -2.30. The number of hydrogen-bond donors (Lipinski definition) is 0. The summed E-state index contributed by atoms with van der Waals surface area (Å²) in [6, 6.07) is 0. The third-order valence-corrected chi connectivity index (χ3v) is 11.8. The number of esters is 3. The first-order valence-corrected chi connectivity index (χ1v) is 25.9. The molecular weight excluding hydrogens is 721 g/mol. The fourth-order valence-electron chi connectivity index (χ4n) is 7.86. The van der Waals surface area contributed by atoms with Gasteiger partial charge >= 0.3 is 17.9 Å². The molecule has 0 aliphatic heterocycles. The van der Waals surface area contributed by atoms with Crippen LogP contribution in [0, 0.1) is 5.92 Å². The predicted octanol–water partition coefficient (Wildman–Crippen LogP) is 16.7. The van der Waals surface area contributed by atoms with Crippen molar-refractivity contribution in [2.45, 2.75) is 297 Å². The average molecular weight is 821 g/mol. The molecule has 0 rings (SSSR count). The maximum absolute atomic E-state index is 12.6. The standard InChI is InChI=1S/C52H100O6/c1-5-7-9-11-12-13-14-15-16-17-18-19-23-26-29-32-36-39-43-50(53)56-46-49(58-52(55)45-41-34-10-8-6-2)47-57-51(54)44-40-37-33-30-27-24-21-20-22-25-28-31-35-38-42-48(3)4/h48-49H,5-47H2,1-4H3/t49-/m1/s1. The Morgan fingerprint density at radius 3 is 0.845 bits per heavy atom. The second-order valence-corrected chi connectivity index (χ2v) is 18.3. The molecule has 0 N–H and O–H groups in total. The van der Waals surface area contributed by atoms with Crippen molar-refractivity contribution in [3.05, 3.63) is 0 Å². The molecule has 0 aromatic heterocycles. The summed E-state index contributed by atoms with van der Waals surface area (Å²) >= 11 is 0. The van der Waals surface area contributed by atoms with E-state index >= 15 is 0 Å². The maximum Gasteiger partial charge on any atom is 0.306 e. The molecule has 0 saturated heterocycles. The van der Waals surface area contributed by atoms with Gasteiger partial charge in [0.1, 0.15) is 13.2 Å². The zero-order valence-electron chi connectivity index (χ0n) is 39.5. The Morgan fingerprint density at radius 2 is 0.569 bits per heavy atom. The second kappa shape index (κ2) is 46.5. The van der Waals surface area contributed by atoms with Crippen LogP contribution in [0.25, 0.3) is 0 Å². The minimum absolute atomic E-state index is 0.0643. The molecule has 0 aromatic rings. The van der Waals surface area contributed by atoms with Gasteiger partial charge in [0.25, 0.3) is 0 Å². The van der Waals surface area contributed by atoms with Crippen LogP contribution in [0.2, 0.25) is 0 Å². The summed E-state index contributed by atoms with van der Waals surface area (Å²) in [4.78, 5) is 37.6. The van der Waals surface area contributed by atoms with Gasteiger partial charge in [0.05, 0.1) is 0 Å². The highest BCUT2D eigenvalue weighted by atomic mass is 16.6. The Morgan fingerprint density at radius 1 is 0.328 bits per heavy atom. The van der Waals surface area contributed by atoms with Gasteiger partial charge < -0.3 is 14.2 Å². The SMILES string of the molecule is CCCCCCCCCCCCCCCCCCCCC(=O)OC[C@H](COC(=O)CCCCCCCCCCCCCCCCC(C)C)OC(=O)CCCCCCC.